The molecular formula is C22H27N2O4+. The van der Waals surface area contributed by atoms with Crippen LogP contribution in [0.2, 0.25) is 0 Å². The fraction of sp³-hybridized carbons (Fsp3) is 0.409. The van der Waals surface area contributed by atoms with Gasteiger partial charge in [-0.1, -0.05) is 18.2 Å². The van der Waals surface area contributed by atoms with Crippen molar-refractivity contribution in [2.75, 3.05) is 33.4 Å². The summed E-state index contributed by atoms with van der Waals surface area (Å²) in [6.45, 7) is 3.13. The van der Waals surface area contributed by atoms with Gasteiger partial charge in [0.15, 0.2) is 18.0 Å². The van der Waals surface area contributed by atoms with Gasteiger partial charge in [0.05, 0.1) is 13.7 Å². The lowest BCUT2D eigenvalue weighted by atomic mass is 10.0. The Morgan fingerprint density at radius 1 is 1.18 bits per heavy atom. The van der Waals surface area contributed by atoms with E-state index in [1.807, 2.05) is 30.3 Å². The molecule has 6 nitrogen and oxygen atoms in total. The van der Waals surface area contributed by atoms with Crippen molar-refractivity contribution in [3.63, 3.8) is 0 Å². The van der Waals surface area contributed by atoms with Crippen molar-refractivity contribution in [3.8, 4) is 17.2 Å². The number of fused-ring (bicyclic) bond motifs is 1. The second-order valence-electron chi connectivity index (χ2n) is 7.27. The number of carbonyl (C=O) groups excluding carboxylic acids is 1. The predicted molar refractivity (Wildman–Crippen MR) is 105 cm³/mol. The maximum atomic E-state index is 12.6. The van der Waals surface area contributed by atoms with E-state index in [2.05, 4.69) is 17.4 Å². The Labute approximate surface area is 165 Å². The van der Waals surface area contributed by atoms with Crippen LogP contribution in [0.3, 0.4) is 0 Å². The number of nitrogens with one attached hydrogen (secondary N) is 2. The molecule has 1 amide bonds. The average Bonchev–Trinajstić information content (AvgIpc) is 3.20. The van der Waals surface area contributed by atoms with Crippen molar-refractivity contribution in [2.24, 2.45) is 0 Å². The fourth-order valence-corrected chi connectivity index (χ4v) is 4.11. The lowest BCUT2D eigenvalue weighted by Crippen LogP contribution is -3.11. The second kappa shape index (κ2) is 8.52. The third kappa shape index (κ3) is 4.07. The Balaban J connectivity index is 1.38. The fourth-order valence-electron chi connectivity index (χ4n) is 4.11. The van der Waals surface area contributed by atoms with Crippen LogP contribution in [0.5, 0.6) is 17.2 Å². The number of amides is 1. The highest BCUT2D eigenvalue weighted by atomic mass is 16.6. The van der Waals surface area contributed by atoms with Crippen LogP contribution in [0.25, 0.3) is 0 Å². The monoisotopic (exact) mass is 383 g/mol. The minimum absolute atomic E-state index is 0.0605. The molecule has 6 heteroatoms. The van der Waals surface area contributed by atoms with Crippen LogP contribution in [0.4, 0.5) is 0 Å². The molecule has 4 rings (SSSR count). The van der Waals surface area contributed by atoms with E-state index >= 15 is 0 Å². The zero-order valence-electron chi connectivity index (χ0n) is 16.2. The van der Waals surface area contributed by atoms with Crippen LogP contribution in [0.1, 0.15) is 30.0 Å². The standard InChI is InChI=1S/C22H26N2O4/c1-26-19-7-3-2-5-17(19)14-23-22(25)15-24-10-4-6-18(24)16-8-9-20-21(13-16)28-12-11-27-20/h2-3,5,7-9,13,18H,4,6,10-12,14-15H2,1H3,(H,23,25)/p+1/t18-/m1/s1. The van der Waals surface area contributed by atoms with E-state index in [0.29, 0.717) is 32.3 Å². The maximum Gasteiger partial charge on any atom is 0.275 e. The third-order valence-electron chi connectivity index (χ3n) is 5.51. The molecule has 0 aromatic heterocycles. The molecule has 1 fully saturated rings. The first-order valence-electron chi connectivity index (χ1n) is 9.87. The molecule has 2 atom stereocenters. The van der Waals surface area contributed by atoms with Gasteiger partial charge < -0.3 is 24.4 Å². The summed E-state index contributed by atoms with van der Waals surface area (Å²) >= 11 is 0. The quantitative estimate of drug-likeness (QED) is 0.794. The number of para-hydroxylation sites is 1. The number of benzene rings is 2. The summed E-state index contributed by atoms with van der Waals surface area (Å²) in [6, 6.07) is 14.2. The maximum absolute atomic E-state index is 12.6. The Bertz CT molecular complexity index is 839. The molecule has 28 heavy (non-hydrogen) atoms. The molecule has 148 valence electrons. The van der Waals surface area contributed by atoms with Crippen LogP contribution < -0.4 is 24.4 Å². The zero-order chi connectivity index (χ0) is 19.3. The Kier molecular flexibility index (Phi) is 5.67. The van der Waals surface area contributed by atoms with E-state index < -0.39 is 0 Å². The molecule has 0 bridgehead atoms. The van der Waals surface area contributed by atoms with Crippen molar-refractivity contribution in [2.45, 2.75) is 25.4 Å². The summed E-state index contributed by atoms with van der Waals surface area (Å²) in [6.07, 6.45) is 2.20. The molecule has 0 aliphatic carbocycles. The number of ether oxygens (including phenoxy) is 3. The summed E-state index contributed by atoms with van der Waals surface area (Å²) in [5.41, 5.74) is 2.20. The highest BCUT2D eigenvalue weighted by molar-refractivity contribution is 5.76. The van der Waals surface area contributed by atoms with Crippen molar-refractivity contribution >= 4 is 5.91 Å². The number of rotatable bonds is 6. The molecule has 2 aromatic rings. The molecule has 0 saturated carbocycles. The normalized spacial score (nSPS) is 20.6. The number of quaternary nitrogens is 1. The molecule has 2 N–H and O–H groups in total. The number of methoxy groups -OCH3 is 1. The molecule has 2 heterocycles. The van der Waals surface area contributed by atoms with Gasteiger partial charge in [-0.3, -0.25) is 4.79 Å². The molecule has 2 aromatic carbocycles. The van der Waals surface area contributed by atoms with Gasteiger partial charge in [-0.05, 0) is 24.3 Å². The summed E-state index contributed by atoms with van der Waals surface area (Å²) in [5.74, 6) is 2.48. The number of carbonyl (C=O) groups is 1. The topological polar surface area (TPSA) is 61.2 Å². The minimum atomic E-state index is 0.0605. The molecule has 0 radical (unpaired) electrons. The minimum Gasteiger partial charge on any atom is -0.496 e. The summed E-state index contributed by atoms with van der Waals surface area (Å²) < 4.78 is 16.7. The highest BCUT2D eigenvalue weighted by Crippen LogP contribution is 2.33. The molecular weight excluding hydrogens is 356 g/mol. The number of likely N-dealkylation sites (tertiary alicyclic amines) is 1. The van der Waals surface area contributed by atoms with Gasteiger partial charge >= 0.3 is 0 Å². The largest absolute Gasteiger partial charge is 0.496 e. The molecule has 2 aliphatic heterocycles. The van der Waals surface area contributed by atoms with E-state index in [0.717, 1.165) is 42.2 Å². The first kappa shape index (κ1) is 18.6. The predicted octanol–water partition coefficient (Wildman–Crippen LogP) is 1.50. The molecule has 0 spiro atoms. The average molecular weight is 383 g/mol. The number of hydrogen-bond acceptors (Lipinski definition) is 4. The first-order valence-corrected chi connectivity index (χ1v) is 9.87. The van der Waals surface area contributed by atoms with Crippen molar-refractivity contribution in [3.05, 3.63) is 53.6 Å². The molecule has 1 saturated heterocycles. The van der Waals surface area contributed by atoms with Gasteiger partial charge in [-0.2, -0.15) is 0 Å². The van der Waals surface area contributed by atoms with E-state index in [1.165, 1.54) is 10.5 Å². The van der Waals surface area contributed by atoms with E-state index in [9.17, 15) is 4.79 Å². The van der Waals surface area contributed by atoms with E-state index in [4.69, 9.17) is 14.2 Å². The zero-order valence-corrected chi connectivity index (χ0v) is 16.2. The second-order valence-corrected chi connectivity index (χ2v) is 7.27. The lowest BCUT2D eigenvalue weighted by Gasteiger charge is -2.24. The van der Waals surface area contributed by atoms with Crippen LogP contribution in [0, 0.1) is 0 Å². The van der Waals surface area contributed by atoms with Crippen LogP contribution in [-0.4, -0.2) is 39.3 Å². The summed E-state index contributed by atoms with van der Waals surface area (Å²) in [5, 5.41) is 3.04. The summed E-state index contributed by atoms with van der Waals surface area (Å²) in [7, 11) is 1.65. The SMILES string of the molecule is COc1ccccc1CNC(=O)C[NH+]1CCC[C@@H]1c1ccc2c(c1)OCCO2. The molecule has 2 aliphatic rings. The first-order chi connectivity index (χ1) is 13.7. The van der Waals surface area contributed by atoms with Crippen LogP contribution >= 0.6 is 0 Å². The third-order valence-corrected chi connectivity index (χ3v) is 5.51. The van der Waals surface area contributed by atoms with Crippen LogP contribution in [-0.2, 0) is 11.3 Å². The van der Waals surface area contributed by atoms with Gasteiger partial charge in [0, 0.05) is 30.5 Å². The van der Waals surface area contributed by atoms with Gasteiger partial charge in [-0.15, -0.1) is 0 Å². The van der Waals surface area contributed by atoms with Crippen molar-refractivity contribution in [1.29, 1.82) is 0 Å². The smallest absolute Gasteiger partial charge is 0.275 e. The Morgan fingerprint density at radius 2 is 2.00 bits per heavy atom. The Hall–Kier alpha value is -2.73. The van der Waals surface area contributed by atoms with E-state index in [-0.39, 0.29) is 5.91 Å². The van der Waals surface area contributed by atoms with Gasteiger partial charge in [-0.25, -0.2) is 0 Å². The number of hydrogen-bond donors (Lipinski definition) is 2. The van der Waals surface area contributed by atoms with E-state index in [1.54, 1.807) is 7.11 Å². The Morgan fingerprint density at radius 3 is 2.86 bits per heavy atom. The summed E-state index contributed by atoms with van der Waals surface area (Å²) in [4.78, 5) is 13.9. The van der Waals surface area contributed by atoms with Crippen LogP contribution in [0.15, 0.2) is 42.5 Å². The van der Waals surface area contributed by atoms with Crippen molar-refractivity contribution in [1.82, 2.24) is 5.32 Å². The van der Waals surface area contributed by atoms with Gasteiger partial charge in [0.2, 0.25) is 0 Å². The lowest BCUT2D eigenvalue weighted by molar-refractivity contribution is -0.910. The highest BCUT2D eigenvalue weighted by Gasteiger charge is 2.32. The van der Waals surface area contributed by atoms with Gasteiger partial charge in [0.25, 0.3) is 5.91 Å². The molecule has 1 unspecified atom stereocenters. The van der Waals surface area contributed by atoms with Gasteiger partial charge in [0.1, 0.15) is 25.0 Å². The van der Waals surface area contributed by atoms with Crippen molar-refractivity contribution < 1.29 is 23.9 Å².